The highest BCUT2D eigenvalue weighted by Crippen LogP contribution is 2.01. The normalized spacial score (nSPS) is 11.4. The van der Waals surface area contributed by atoms with E-state index in [1.165, 1.54) is 7.11 Å². The molecule has 1 amide bonds. The molecule has 0 aliphatic carbocycles. The maximum atomic E-state index is 11.7. The van der Waals surface area contributed by atoms with Crippen LogP contribution in [0.15, 0.2) is 30.3 Å². The van der Waals surface area contributed by atoms with Gasteiger partial charge in [-0.05, 0) is 5.56 Å². The summed E-state index contributed by atoms with van der Waals surface area (Å²) >= 11 is 0. The van der Waals surface area contributed by atoms with Crippen molar-refractivity contribution in [1.82, 2.24) is 5.32 Å². The first-order chi connectivity index (χ1) is 11.5. The number of rotatable bonds is 10. The van der Waals surface area contributed by atoms with Crippen LogP contribution in [-0.2, 0) is 25.6 Å². The second-order valence-corrected chi connectivity index (χ2v) is 4.77. The molecule has 1 unspecified atom stereocenters. The fourth-order valence-corrected chi connectivity index (χ4v) is 1.71. The summed E-state index contributed by atoms with van der Waals surface area (Å²) in [6.45, 7) is -0.236. The number of esters is 1. The van der Waals surface area contributed by atoms with Gasteiger partial charge >= 0.3 is 12.1 Å². The number of hydrogen-bond acceptors (Lipinski definition) is 7. The molecular weight excluding hydrogens is 320 g/mol. The van der Waals surface area contributed by atoms with Gasteiger partial charge in [-0.1, -0.05) is 30.3 Å². The van der Waals surface area contributed by atoms with Crippen molar-refractivity contribution >= 4 is 12.1 Å². The molecule has 132 valence electrons. The van der Waals surface area contributed by atoms with Gasteiger partial charge in [0.05, 0.1) is 20.3 Å². The summed E-state index contributed by atoms with van der Waals surface area (Å²) in [7, 11) is 1.18. The van der Waals surface area contributed by atoms with E-state index in [-0.39, 0.29) is 32.8 Å². The summed E-state index contributed by atoms with van der Waals surface area (Å²) in [5.41, 5.74) is 0.804. The second kappa shape index (κ2) is 10.9. The van der Waals surface area contributed by atoms with Gasteiger partial charge in [-0.25, -0.2) is 9.59 Å². The van der Waals surface area contributed by atoms with Gasteiger partial charge in [0, 0.05) is 11.3 Å². The maximum absolute atomic E-state index is 11.7. The number of nitrogens with one attached hydrogen (secondary N) is 1. The molecule has 0 fully saturated rings. The van der Waals surface area contributed by atoms with Crippen LogP contribution in [0.5, 0.6) is 0 Å². The van der Waals surface area contributed by atoms with Gasteiger partial charge < -0.3 is 19.5 Å². The molecule has 0 saturated heterocycles. The molecule has 24 heavy (non-hydrogen) atoms. The van der Waals surface area contributed by atoms with Crippen molar-refractivity contribution < 1.29 is 28.7 Å². The predicted molar refractivity (Wildman–Crippen MR) is 82.9 cm³/mol. The van der Waals surface area contributed by atoms with Crippen molar-refractivity contribution in [3.8, 4) is 0 Å². The summed E-state index contributed by atoms with van der Waals surface area (Å²) in [5.74, 6) is -0.694. The van der Waals surface area contributed by atoms with E-state index in [0.29, 0.717) is 0 Å². The molecule has 0 bridgehead atoms. The van der Waals surface area contributed by atoms with Crippen LogP contribution in [0, 0.1) is 10.1 Å². The van der Waals surface area contributed by atoms with Crippen molar-refractivity contribution in [3.05, 3.63) is 46.0 Å². The zero-order valence-corrected chi connectivity index (χ0v) is 13.3. The van der Waals surface area contributed by atoms with Gasteiger partial charge in [0.1, 0.15) is 6.61 Å². The third-order valence-electron chi connectivity index (χ3n) is 2.90. The third kappa shape index (κ3) is 8.08. The smallest absolute Gasteiger partial charge is 0.408 e. The number of carbonyl (C=O) groups is 2. The molecule has 1 aromatic carbocycles. The monoisotopic (exact) mass is 340 g/mol. The topological polar surface area (TPSA) is 117 Å². The van der Waals surface area contributed by atoms with E-state index in [4.69, 9.17) is 9.47 Å². The predicted octanol–water partition coefficient (Wildman–Crippen LogP) is 1.14. The van der Waals surface area contributed by atoms with Crippen LogP contribution in [-0.4, -0.2) is 49.9 Å². The van der Waals surface area contributed by atoms with E-state index >= 15 is 0 Å². The Labute approximate surface area is 139 Å². The molecule has 0 saturated carbocycles. The van der Waals surface area contributed by atoms with Gasteiger partial charge in [0.2, 0.25) is 6.54 Å². The average Bonchev–Trinajstić information content (AvgIpc) is 2.58. The molecule has 1 rings (SSSR count). The summed E-state index contributed by atoms with van der Waals surface area (Å²) < 4.78 is 14.7. The minimum atomic E-state index is -1.05. The number of nitro groups is 1. The Morgan fingerprint density at radius 2 is 2.00 bits per heavy atom. The minimum Gasteiger partial charge on any atom is -0.467 e. The summed E-state index contributed by atoms with van der Waals surface area (Å²) in [6, 6.07) is 8.01. The van der Waals surface area contributed by atoms with E-state index in [1.54, 1.807) is 12.1 Å². The van der Waals surface area contributed by atoms with Crippen LogP contribution in [0.25, 0.3) is 0 Å². The van der Waals surface area contributed by atoms with Gasteiger partial charge in [-0.2, -0.15) is 0 Å². The number of methoxy groups -OCH3 is 1. The molecule has 0 heterocycles. The Hall–Kier alpha value is -2.68. The first kappa shape index (κ1) is 19.4. The summed E-state index contributed by atoms with van der Waals surface area (Å²) in [5, 5.41) is 12.5. The van der Waals surface area contributed by atoms with E-state index < -0.39 is 23.0 Å². The molecule has 0 aliphatic heterocycles. The highest BCUT2D eigenvalue weighted by atomic mass is 16.6. The molecule has 0 radical (unpaired) electrons. The van der Waals surface area contributed by atoms with Crippen LogP contribution in [0.1, 0.15) is 12.0 Å². The molecule has 9 nitrogen and oxygen atoms in total. The van der Waals surface area contributed by atoms with Crippen LogP contribution < -0.4 is 5.32 Å². The van der Waals surface area contributed by atoms with Gasteiger partial charge in [-0.15, -0.1) is 0 Å². The number of carbonyl (C=O) groups excluding carboxylic acids is 2. The van der Waals surface area contributed by atoms with Crippen LogP contribution in [0.3, 0.4) is 0 Å². The van der Waals surface area contributed by atoms with E-state index in [2.05, 4.69) is 10.1 Å². The van der Waals surface area contributed by atoms with Crippen molar-refractivity contribution in [2.45, 2.75) is 19.1 Å². The standard InChI is InChI=1S/C15H20N2O7/c1-22-14(18)13(11-23-9-5-8-17(20)21)16-15(19)24-10-12-6-3-2-4-7-12/h2-4,6-7,13H,5,8-11H2,1H3,(H,16,19). The lowest BCUT2D eigenvalue weighted by atomic mass is 10.2. The van der Waals surface area contributed by atoms with E-state index in [9.17, 15) is 19.7 Å². The first-order valence-electron chi connectivity index (χ1n) is 7.27. The minimum absolute atomic E-state index is 0.0598. The van der Waals surface area contributed by atoms with E-state index in [1.807, 2.05) is 18.2 Å². The SMILES string of the molecule is COC(=O)C(COCCC[N+](=O)[O-])NC(=O)OCc1ccccc1. The van der Waals surface area contributed by atoms with E-state index in [0.717, 1.165) is 5.56 Å². The maximum Gasteiger partial charge on any atom is 0.408 e. The van der Waals surface area contributed by atoms with Crippen LogP contribution in [0.4, 0.5) is 4.79 Å². The van der Waals surface area contributed by atoms with Crippen LogP contribution >= 0.6 is 0 Å². The number of amides is 1. The fraction of sp³-hybridized carbons (Fsp3) is 0.467. The lowest BCUT2D eigenvalue weighted by molar-refractivity contribution is -0.481. The summed E-state index contributed by atoms with van der Waals surface area (Å²) in [6.07, 6.45) is -0.581. The van der Waals surface area contributed by atoms with Crippen LogP contribution in [0.2, 0.25) is 0 Å². The number of hydrogen-bond donors (Lipinski definition) is 1. The molecule has 9 heteroatoms. The second-order valence-electron chi connectivity index (χ2n) is 4.77. The quantitative estimate of drug-likeness (QED) is 0.294. The molecular formula is C15H20N2O7. The molecule has 1 N–H and O–H groups in total. The van der Waals surface area contributed by atoms with Crippen molar-refractivity contribution in [3.63, 3.8) is 0 Å². The van der Waals surface area contributed by atoms with Crippen molar-refractivity contribution in [2.24, 2.45) is 0 Å². The highest BCUT2D eigenvalue weighted by Gasteiger charge is 2.22. The molecule has 1 atom stereocenters. The molecule has 1 aromatic rings. The lowest BCUT2D eigenvalue weighted by Gasteiger charge is -2.16. The van der Waals surface area contributed by atoms with Crippen molar-refractivity contribution in [1.29, 1.82) is 0 Å². The Kier molecular flexibility index (Phi) is 8.84. The largest absolute Gasteiger partial charge is 0.467 e. The number of nitrogens with zero attached hydrogens (tertiary/aromatic N) is 1. The molecule has 0 aliphatic rings. The van der Waals surface area contributed by atoms with Gasteiger partial charge in [0.25, 0.3) is 0 Å². The highest BCUT2D eigenvalue weighted by molar-refractivity contribution is 5.81. The molecule has 0 spiro atoms. The van der Waals surface area contributed by atoms with Crippen molar-refractivity contribution in [2.75, 3.05) is 26.9 Å². The fourth-order valence-electron chi connectivity index (χ4n) is 1.71. The number of ether oxygens (including phenoxy) is 3. The van der Waals surface area contributed by atoms with Gasteiger partial charge in [0.15, 0.2) is 6.04 Å². The Morgan fingerprint density at radius 1 is 1.29 bits per heavy atom. The first-order valence-corrected chi connectivity index (χ1v) is 7.27. The number of alkyl carbamates (subject to hydrolysis) is 1. The third-order valence-corrected chi connectivity index (χ3v) is 2.90. The summed E-state index contributed by atoms with van der Waals surface area (Å²) in [4.78, 5) is 33.1. The Bertz CT molecular complexity index is 536. The molecule has 0 aromatic heterocycles. The van der Waals surface area contributed by atoms with Gasteiger partial charge in [-0.3, -0.25) is 10.1 Å². The number of benzene rings is 1. The Balaban J connectivity index is 2.36. The average molecular weight is 340 g/mol. The zero-order valence-electron chi connectivity index (χ0n) is 13.3. The lowest BCUT2D eigenvalue weighted by Crippen LogP contribution is -2.45. The zero-order chi connectivity index (χ0) is 17.8. The Morgan fingerprint density at radius 3 is 2.62 bits per heavy atom.